The first-order valence-electron chi connectivity index (χ1n) is 7.16. The van der Waals surface area contributed by atoms with E-state index in [1.54, 1.807) is 0 Å². The van der Waals surface area contributed by atoms with Crippen LogP contribution in [-0.2, 0) is 25.9 Å². The van der Waals surface area contributed by atoms with Crippen molar-refractivity contribution < 1.29 is 4.52 Å². The van der Waals surface area contributed by atoms with Crippen LogP contribution in [0.25, 0.3) is 0 Å². The number of aromatic nitrogens is 2. The number of rotatable bonds is 4. The van der Waals surface area contributed by atoms with Crippen LogP contribution >= 0.6 is 0 Å². The summed E-state index contributed by atoms with van der Waals surface area (Å²) in [4.78, 5) is 6.73. The van der Waals surface area contributed by atoms with Crippen LogP contribution in [-0.4, -0.2) is 21.6 Å². The second-order valence-corrected chi connectivity index (χ2v) is 5.30. The van der Waals surface area contributed by atoms with Crippen LogP contribution < -0.4 is 5.73 Å². The Morgan fingerprint density at radius 3 is 3.15 bits per heavy atom. The smallest absolute Gasteiger partial charge is 0.240 e. The number of hydrogen-bond acceptors (Lipinski definition) is 5. The molecule has 2 N–H and O–H groups in total. The molecule has 0 amide bonds. The van der Waals surface area contributed by atoms with Gasteiger partial charge in [0.15, 0.2) is 5.82 Å². The van der Waals surface area contributed by atoms with Crippen molar-refractivity contribution in [3.63, 3.8) is 0 Å². The molecule has 0 saturated carbocycles. The van der Waals surface area contributed by atoms with E-state index in [0.29, 0.717) is 12.4 Å². The third-order valence-electron chi connectivity index (χ3n) is 3.73. The van der Waals surface area contributed by atoms with Crippen LogP contribution in [0.4, 0.5) is 5.69 Å². The number of aryl methyl sites for hydroxylation is 1. The van der Waals surface area contributed by atoms with Crippen molar-refractivity contribution in [2.45, 2.75) is 39.3 Å². The van der Waals surface area contributed by atoms with E-state index < -0.39 is 0 Å². The van der Waals surface area contributed by atoms with Gasteiger partial charge in [-0.2, -0.15) is 4.98 Å². The van der Waals surface area contributed by atoms with Gasteiger partial charge in [0.05, 0.1) is 6.54 Å². The second-order valence-electron chi connectivity index (χ2n) is 5.30. The van der Waals surface area contributed by atoms with E-state index >= 15 is 0 Å². The van der Waals surface area contributed by atoms with Gasteiger partial charge in [-0.25, -0.2) is 0 Å². The molecule has 5 nitrogen and oxygen atoms in total. The van der Waals surface area contributed by atoms with Crippen LogP contribution in [0, 0.1) is 0 Å². The van der Waals surface area contributed by atoms with Crippen molar-refractivity contribution in [2.24, 2.45) is 0 Å². The van der Waals surface area contributed by atoms with Gasteiger partial charge in [-0.15, -0.1) is 0 Å². The normalized spacial score (nSPS) is 15.2. The first-order chi connectivity index (χ1) is 9.76. The highest BCUT2D eigenvalue weighted by atomic mass is 16.5. The van der Waals surface area contributed by atoms with E-state index in [0.717, 1.165) is 43.9 Å². The summed E-state index contributed by atoms with van der Waals surface area (Å²) in [6, 6.07) is 6.16. The molecule has 3 rings (SSSR count). The maximum atomic E-state index is 6.06. The molecule has 0 bridgehead atoms. The minimum absolute atomic E-state index is 0.699. The number of nitrogen functional groups attached to an aromatic ring is 1. The van der Waals surface area contributed by atoms with Crippen molar-refractivity contribution in [1.29, 1.82) is 0 Å². The van der Waals surface area contributed by atoms with Crippen molar-refractivity contribution in [2.75, 3.05) is 12.3 Å². The molecule has 0 saturated heterocycles. The fraction of sp³-hybridized carbons (Fsp3) is 0.467. The molecule has 0 aliphatic carbocycles. The molecule has 1 aromatic carbocycles. The first-order valence-corrected chi connectivity index (χ1v) is 7.16. The molecule has 0 radical (unpaired) electrons. The van der Waals surface area contributed by atoms with E-state index in [1.165, 1.54) is 11.1 Å². The van der Waals surface area contributed by atoms with Gasteiger partial charge in [-0.1, -0.05) is 24.2 Å². The Morgan fingerprint density at radius 1 is 1.40 bits per heavy atom. The van der Waals surface area contributed by atoms with Gasteiger partial charge in [0.25, 0.3) is 0 Å². The van der Waals surface area contributed by atoms with Crippen LogP contribution in [0.1, 0.15) is 36.2 Å². The number of nitrogens with zero attached hydrogens (tertiary/aromatic N) is 3. The summed E-state index contributed by atoms with van der Waals surface area (Å²) in [7, 11) is 0. The van der Waals surface area contributed by atoms with Crippen LogP contribution in [0.15, 0.2) is 22.7 Å². The van der Waals surface area contributed by atoms with Crippen LogP contribution in [0.2, 0.25) is 0 Å². The molecule has 1 aliphatic heterocycles. The Hall–Kier alpha value is -1.88. The molecular formula is C15H20N4O. The molecule has 2 heterocycles. The van der Waals surface area contributed by atoms with E-state index in [1.807, 2.05) is 12.1 Å². The Morgan fingerprint density at radius 2 is 2.30 bits per heavy atom. The third-order valence-corrected chi connectivity index (χ3v) is 3.73. The molecule has 0 unspecified atom stereocenters. The van der Waals surface area contributed by atoms with Gasteiger partial charge in [0, 0.05) is 25.2 Å². The van der Waals surface area contributed by atoms with Gasteiger partial charge in [0.1, 0.15) is 0 Å². The molecule has 0 spiro atoms. The average molecular weight is 272 g/mol. The topological polar surface area (TPSA) is 68.2 Å². The lowest BCUT2D eigenvalue weighted by Gasteiger charge is -2.28. The highest BCUT2D eigenvalue weighted by Gasteiger charge is 2.20. The number of nitrogens with two attached hydrogens (primary N) is 1. The fourth-order valence-corrected chi connectivity index (χ4v) is 2.67. The third kappa shape index (κ3) is 2.67. The summed E-state index contributed by atoms with van der Waals surface area (Å²) < 4.78 is 5.30. The van der Waals surface area contributed by atoms with Gasteiger partial charge >= 0.3 is 0 Å². The lowest BCUT2D eigenvalue weighted by molar-refractivity contribution is 0.211. The monoisotopic (exact) mass is 272 g/mol. The molecule has 106 valence electrons. The predicted octanol–water partition coefficient (Wildman–Crippen LogP) is 2.16. The van der Waals surface area contributed by atoms with Crippen LogP contribution in [0.5, 0.6) is 0 Å². The molecule has 0 atom stereocenters. The standard InChI is InChI=1S/C15H20N4O/c1-2-4-14-17-15(20-18-14)10-19-8-7-11-5-3-6-13(16)12(11)9-19/h3,5-6H,2,4,7-10,16H2,1H3. The Bertz CT molecular complexity index is 593. The van der Waals surface area contributed by atoms with Gasteiger partial charge in [-0.3, -0.25) is 4.90 Å². The summed E-state index contributed by atoms with van der Waals surface area (Å²) in [5, 5.41) is 4.00. The van der Waals surface area contributed by atoms with Crippen LogP contribution in [0.3, 0.4) is 0 Å². The molecule has 1 aliphatic rings. The molecule has 0 fully saturated rings. The number of benzene rings is 1. The van der Waals surface area contributed by atoms with E-state index in [4.69, 9.17) is 10.3 Å². The Balaban J connectivity index is 1.69. The minimum atomic E-state index is 0.699. The van der Waals surface area contributed by atoms with Crippen molar-refractivity contribution in [3.8, 4) is 0 Å². The fourth-order valence-electron chi connectivity index (χ4n) is 2.67. The zero-order valence-corrected chi connectivity index (χ0v) is 11.8. The summed E-state index contributed by atoms with van der Waals surface area (Å²) >= 11 is 0. The predicted molar refractivity (Wildman–Crippen MR) is 77.0 cm³/mol. The minimum Gasteiger partial charge on any atom is -0.398 e. The highest BCUT2D eigenvalue weighted by Crippen LogP contribution is 2.25. The lowest BCUT2D eigenvalue weighted by Crippen LogP contribution is -2.30. The SMILES string of the molecule is CCCc1noc(CN2CCc3cccc(N)c3C2)n1. The average Bonchev–Trinajstić information content (AvgIpc) is 2.88. The Kier molecular flexibility index (Phi) is 3.69. The van der Waals surface area contributed by atoms with Gasteiger partial charge in [-0.05, 0) is 30.0 Å². The lowest BCUT2D eigenvalue weighted by atomic mass is 9.98. The zero-order chi connectivity index (χ0) is 13.9. The molecule has 5 heteroatoms. The molecule has 2 aromatic rings. The molecule has 1 aromatic heterocycles. The summed E-state index contributed by atoms with van der Waals surface area (Å²) in [5.41, 5.74) is 9.54. The number of fused-ring (bicyclic) bond motifs is 1. The van der Waals surface area contributed by atoms with Gasteiger partial charge < -0.3 is 10.3 Å². The molecule has 20 heavy (non-hydrogen) atoms. The van der Waals surface area contributed by atoms with E-state index in [-0.39, 0.29) is 0 Å². The summed E-state index contributed by atoms with van der Waals surface area (Å²) in [6.45, 7) is 4.67. The second kappa shape index (κ2) is 5.63. The zero-order valence-electron chi connectivity index (χ0n) is 11.8. The van der Waals surface area contributed by atoms with Gasteiger partial charge in [0.2, 0.25) is 5.89 Å². The molecular weight excluding hydrogens is 252 g/mol. The highest BCUT2D eigenvalue weighted by molar-refractivity contribution is 5.51. The first kappa shape index (κ1) is 13.1. The van der Waals surface area contributed by atoms with E-state index in [2.05, 4.69) is 28.0 Å². The maximum Gasteiger partial charge on any atom is 0.240 e. The quantitative estimate of drug-likeness (QED) is 0.864. The van der Waals surface area contributed by atoms with E-state index in [9.17, 15) is 0 Å². The van der Waals surface area contributed by atoms with Crippen molar-refractivity contribution in [3.05, 3.63) is 41.0 Å². The summed E-state index contributed by atoms with van der Waals surface area (Å²) in [6.07, 6.45) is 2.93. The largest absolute Gasteiger partial charge is 0.398 e. The summed E-state index contributed by atoms with van der Waals surface area (Å²) in [5.74, 6) is 1.51. The van der Waals surface area contributed by atoms with Crippen molar-refractivity contribution >= 4 is 5.69 Å². The Labute approximate surface area is 118 Å². The maximum absolute atomic E-state index is 6.06. The number of anilines is 1. The number of hydrogen-bond donors (Lipinski definition) is 1. The van der Waals surface area contributed by atoms with Crippen molar-refractivity contribution in [1.82, 2.24) is 15.0 Å².